The second kappa shape index (κ2) is 8.23. The molecule has 3 heteroatoms. The van der Waals surface area contributed by atoms with Gasteiger partial charge in [0, 0.05) is 0 Å². The number of rotatable bonds is 2. The maximum atomic E-state index is 4.93. The zero-order chi connectivity index (χ0) is 15.2. The van der Waals surface area contributed by atoms with Crippen LogP contribution < -0.4 is 0 Å². The summed E-state index contributed by atoms with van der Waals surface area (Å²) in [6.45, 7) is 4.39. The van der Waals surface area contributed by atoms with Gasteiger partial charge in [-0.05, 0) is 24.5 Å². The number of halogens is 2. The fraction of sp³-hybridized carbons (Fsp3) is 0.167. The number of benzene rings is 2. The van der Waals surface area contributed by atoms with E-state index < -0.39 is 20.8 Å². The molecule has 0 nitrogen and oxygen atoms in total. The molecule has 0 heterocycles. The third-order valence-electron chi connectivity index (χ3n) is 3.65. The Morgan fingerprint density at radius 2 is 1.67 bits per heavy atom. The van der Waals surface area contributed by atoms with E-state index in [0.29, 0.717) is 0 Å². The van der Waals surface area contributed by atoms with Gasteiger partial charge in [0.05, 0.1) is 0 Å². The third kappa shape index (κ3) is 4.03. The SMILES string of the molecule is CCc1cc2c(-c3ccccc3C)cccc2[cH-]1.[Cl][Zr][Cl]. The first-order valence-corrected chi connectivity index (χ1v) is 13.2. The Kier molecular flexibility index (Phi) is 6.61. The Hall–Kier alpha value is -0.487. The molecule has 0 amide bonds. The van der Waals surface area contributed by atoms with Gasteiger partial charge in [-0.15, -0.1) is 34.5 Å². The second-order valence-electron chi connectivity index (χ2n) is 4.91. The average Bonchev–Trinajstić information content (AvgIpc) is 2.92. The van der Waals surface area contributed by atoms with E-state index >= 15 is 0 Å². The first-order chi connectivity index (χ1) is 10.2. The van der Waals surface area contributed by atoms with Crippen molar-refractivity contribution in [1.29, 1.82) is 0 Å². The minimum absolute atomic E-state index is 0.826. The van der Waals surface area contributed by atoms with E-state index in [1.807, 2.05) is 0 Å². The first-order valence-electron chi connectivity index (χ1n) is 6.91. The molecule has 3 rings (SSSR count). The molecule has 3 aromatic rings. The van der Waals surface area contributed by atoms with Gasteiger partial charge in [-0.25, -0.2) is 0 Å². The molecule has 0 bridgehead atoms. The van der Waals surface area contributed by atoms with Crippen LogP contribution in [-0.2, 0) is 27.3 Å². The number of hydrogen-bond acceptors (Lipinski definition) is 0. The fourth-order valence-corrected chi connectivity index (χ4v) is 2.61. The molecule has 0 fully saturated rings. The molecule has 0 aliphatic rings. The molecule has 0 saturated carbocycles. The molecule has 0 radical (unpaired) electrons. The number of hydrogen-bond donors (Lipinski definition) is 0. The van der Waals surface area contributed by atoms with Crippen LogP contribution in [0.4, 0.5) is 0 Å². The van der Waals surface area contributed by atoms with Crippen molar-refractivity contribution in [3.63, 3.8) is 0 Å². The van der Waals surface area contributed by atoms with Crippen molar-refractivity contribution in [2.45, 2.75) is 20.3 Å². The van der Waals surface area contributed by atoms with E-state index in [0.717, 1.165) is 6.42 Å². The van der Waals surface area contributed by atoms with E-state index in [1.165, 1.54) is 33.0 Å². The van der Waals surface area contributed by atoms with Crippen molar-refractivity contribution in [2.24, 2.45) is 0 Å². The van der Waals surface area contributed by atoms with E-state index in [-0.39, 0.29) is 0 Å². The van der Waals surface area contributed by atoms with Gasteiger partial charge < -0.3 is 0 Å². The van der Waals surface area contributed by atoms with Crippen LogP contribution in [0.5, 0.6) is 0 Å². The maximum absolute atomic E-state index is 4.93. The van der Waals surface area contributed by atoms with E-state index in [1.54, 1.807) is 0 Å². The van der Waals surface area contributed by atoms with Crippen molar-refractivity contribution in [3.8, 4) is 11.1 Å². The quantitative estimate of drug-likeness (QED) is 0.436. The number of fused-ring (bicyclic) bond motifs is 1. The van der Waals surface area contributed by atoms with Crippen molar-refractivity contribution in [3.05, 3.63) is 65.7 Å². The van der Waals surface area contributed by atoms with Gasteiger partial charge in [0.15, 0.2) is 0 Å². The average molecular weight is 395 g/mol. The molecule has 0 aliphatic heterocycles. The topological polar surface area (TPSA) is 0 Å². The second-order valence-corrected chi connectivity index (χ2v) is 8.64. The van der Waals surface area contributed by atoms with Gasteiger partial charge in [-0.3, -0.25) is 0 Å². The molecule has 0 aliphatic carbocycles. The third-order valence-corrected chi connectivity index (χ3v) is 3.65. The molecule has 3 aromatic carbocycles. The molecule has 21 heavy (non-hydrogen) atoms. The van der Waals surface area contributed by atoms with Crippen LogP contribution >= 0.6 is 17.0 Å². The molecule has 0 aromatic heterocycles. The van der Waals surface area contributed by atoms with Crippen LogP contribution in [0.15, 0.2) is 54.6 Å². The summed E-state index contributed by atoms with van der Waals surface area (Å²) >= 11 is -0.826. The van der Waals surface area contributed by atoms with Gasteiger partial charge in [-0.2, -0.15) is 6.07 Å². The Morgan fingerprint density at radius 3 is 2.33 bits per heavy atom. The van der Waals surface area contributed by atoms with Crippen LogP contribution in [0.1, 0.15) is 18.1 Å². The Morgan fingerprint density at radius 1 is 1.00 bits per heavy atom. The molecule has 0 saturated heterocycles. The summed E-state index contributed by atoms with van der Waals surface area (Å²) in [7, 11) is 9.87. The van der Waals surface area contributed by atoms with Crippen LogP contribution in [0.25, 0.3) is 21.9 Å². The normalized spacial score (nSPS) is 10.1. The minimum atomic E-state index is -0.826. The summed E-state index contributed by atoms with van der Waals surface area (Å²) in [5.41, 5.74) is 5.46. The summed E-state index contributed by atoms with van der Waals surface area (Å²) in [5.74, 6) is 0. The van der Waals surface area contributed by atoms with Crippen molar-refractivity contribution in [1.82, 2.24) is 0 Å². The van der Waals surface area contributed by atoms with Gasteiger partial charge in [0.25, 0.3) is 0 Å². The summed E-state index contributed by atoms with van der Waals surface area (Å²) in [6.07, 6.45) is 1.10. The van der Waals surface area contributed by atoms with Gasteiger partial charge in [0.2, 0.25) is 0 Å². The Bertz CT molecular complexity index is 716. The molecule has 0 unspecified atom stereocenters. The van der Waals surface area contributed by atoms with Crippen molar-refractivity contribution >= 4 is 27.8 Å². The van der Waals surface area contributed by atoms with Gasteiger partial charge in [0.1, 0.15) is 0 Å². The van der Waals surface area contributed by atoms with Crippen LogP contribution in [0.3, 0.4) is 0 Å². The number of aryl methyl sites for hydroxylation is 2. The van der Waals surface area contributed by atoms with Crippen LogP contribution in [-0.4, -0.2) is 0 Å². The monoisotopic (exact) mass is 393 g/mol. The predicted octanol–water partition coefficient (Wildman–Crippen LogP) is 6.47. The van der Waals surface area contributed by atoms with Crippen LogP contribution in [0, 0.1) is 6.92 Å². The zero-order valence-corrected chi connectivity index (χ0v) is 16.1. The summed E-state index contributed by atoms with van der Waals surface area (Å²) in [6, 6.07) is 19.8. The van der Waals surface area contributed by atoms with Gasteiger partial charge >= 0.3 is 37.9 Å². The summed E-state index contributed by atoms with van der Waals surface area (Å²) in [4.78, 5) is 0. The standard InChI is InChI=1S/C18H17.2ClH.Zr/c1-3-14-11-15-8-6-10-17(18(15)12-14)16-9-5-4-7-13(16)2;;;/h4-12H,3H2,1-2H3;2*1H;/q-1;;;+2/p-2. The van der Waals surface area contributed by atoms with Crippen molar-refractivity contribution < 1.29 is 20.8 Å². The predicted molar refractivity (Wildman–Crippen MR) is 90.8 cm³/mol. The molecular weight excluding hydrogens is 378 g/mol. The molecule has 0 spiro atoms. The van der Waals surface area contributed by atoms with Crippen LogP contribution in [0.2, 0.25) is 0 Å². The Balaban J connectivity index is 0.000000497. The first kappa shape index (κ1) is 16.9. The fourth-order valence-electron chi connectivity index (χ4n) is 2.61. The van der Waals surface area contributed by atoms with E-state index in [4.69, 9.17) is 17.0 Å². The Labute approximate surface area is 145 Å². The molecule has 0 atom stereocenters. The molecule has 108 valence electrons. The molecular formula is C18H17Cl2Zr-. The summed E-state index contributed by atoms with van der Waals surface area (Å²) < 4.78 is 0. The summed E-state index contributed by atoms with van der Waals surface area (Å²) in [5, 5.41) is 2.73. The molecule has 0 N–H and O–H groups in total. The van der Waals surface area contributed by atoms with E-state index in [2.05, 4.69) is 68.4 Å². The van der Waals surface area contributed by atoms with Crippen molar-refractivity contribution in [2.75, 3.05) is 0 Å². The van der Waals surface area contributed by atoms with Gasteiger partial charge in [-0.1, -0.05) is 42.8 Å². The van der Waals surface area contributed by atoms with E-state index in [9.17, 15) is 0 Å². The zero-order valence-electron chi connectivity index (χ0n) is 12.2.